The number of carbonyl (C=O) groups is 3. The summed E-state index contributed by atoms with van der Waals surface area (Å²) in [6, 6.07) is 19.8. The Morgan fingerprint density at radius 1 is 0.879 bits per heavy atom. The van der Waals surface area contributed by atoms with Gasteiger partial charge in [0.15, 0.2) is 0 Å². The van der Waals surface area contributed by atoms with Gasteiger partial charge in [-0.2, -0.15) is 0 Å². The van der Waals surface area contributed by atoms with Crippen molar-refractivity contribution in [3.8, 4) is 0 Å². The molecule has 0 saturated carbocycles. The van der Waals surface area contributed by atoms with Gasteiger partial charge < -0.3 is 20.1 Å². The van der Waals surface area contributed by atoms with Crippen molar-refractivity contribution in [2.45, 2.75) is 64.0 Å². The first kappa shape index (κ1) is 37.2. The Bertz CT molecular complexity index is 2680. The number of imide groups is 1. The molecule has 13 heteroatoms. The number of hydrogen-bond acceptors (Lipinski definition) is 8. The third-order valence-corrected chi connectivity index (χ3v) is 12.3. The summed E-state index contributed by atoms with van der Waals surface area (Å²) >= 11 is 0. The second-order valence-corrected chi connectivity index (χ2v) is 15.6. The summed E-state index contributed by atoms with van der Waals surface area (Å²) in [6.45, 7) is 3.81. The molecule has 58 heavy (non-hydrogen) atoms. The number of alkyl halides is 2. The molecule has 5 heterocycles. The van der Waals surface area contributed by atoms with Gasteiger partial charge in [-0.05, 0) is 98.7 Å². The lowest BCUT2D eigenvalue weighted by Gasteiger charge is -2.34. The van der Waals surface area contributed by atoms with Gasteiger partial charge in [-0.15, -0.1) is 0 Å². The molecule has 3 N–H and O–H groups in total. The predicted molar refractivity (Wildman–Crippen MR) is 223 cm³/mol. The summed E-state index contributed by atoms with van der Waals surface area (Å²) < 4.78 is 31.5. The van der Waals surface area contributed by atoms with E-state index >= 15 is 0 Å². The topological polar surface area (TPSA) is 133 Å². The van der Waals surface area contributed by atoms with Crippen molar-refractivity contribution >= 4 is 73.9 Å². The molecule has 4 aliphatic rings. The molecule has 4 aromatic carbocycles. The van der Waals surface area contributed by atoms with Crippen LogP contribution in [0.15, 0.2) is 82.7 Å². The standard InChI is InChI=1S/C45H43F2N7O4/c1-25-20-33-34(51(2)44(25)57)9-4-10-36(33)53-17-5-6-26-21-31(32(42(46)47)22-39(26)53)27(23-48)24-49-28-15-18-52(19-16-28)35-11-12-37-41-29(35)7-3-8-30(41)45(58)54(37)38-13-14-40(55)50-43(38)56/h3-4,7-12,20-24,28,38,42H,5-6,13-19,48H2,1-2H3,(H,50,55,56)/b27-23+,49-24?. The van der Waals surface area contributed by atoms with E-state index < -0.39 is 18.4 Å². The first-order chi connectivity index (χ1) is 28.0. The normalized spacial score (nSPS) is 19.0. The van der Waals surface area contributed by atoms with E-state index in [1.165, 1.54) is 11.1 Å². The lowest BCUT2D eigenvalue weighted by atomic mass is 9.91. The third-order valence-electron chi connectivity index (χ3n) is 12.3. The van der Waals surface area contributed by atoms with Gasteiger partial charge in [0.2, 0.25) is 11.8 Å². The number of benzene rings is 4. The van der Waals surface area contributed by atoms with Crippen molar-refractivity contribution in [1.82, 2.24) is 9.88 Å². The van der Waals surface area contributed by atoms with Crippen LogP contribution in [-0.4, -0.2) is 60.2 Å². The number of halogens is 2. The highest BCUT2D eigenvalue weighted by Gasteiger charge is 2.41. The summed E-state index contributed by atoms with van der Waals surface area (Å²) in [7, 11) is 1.75. The van der Waals surface area contributed by atoms with Crippen molar-refractivity contribution in [1.29, 1.82) is 0 Å². The van der Waals surface area contributed by atoms with E-state index in [2.05, 4.69) is 15.1 Å². The molecule has 0 aliphatic carbocycles. The number of allylic oxidation sites excluding steroid dienone is 1. The van der Waals surface area contributed by atoms with Crippen LogP contribution in [0.1, 0.15) is 71.1 Å². The minimum atomic E-state index is -2.75. The molecule has 4 aliphatic heterocycles. The van der Waals surface area contributed by atoms with E-state index in [1.54, 1.807) is 36.9 Å². The second-order valence-electron chi connectivity index (χ2n) is 15.6. The monoisotopic (exact) mass is 783 g/mol. The molecule has 1 atom stereocenters. The molecule has 9 rings (SSSR count). The number of nitrogens with two attached hydrogens (primary N) is 1. The van der Waals surface area contributed by atoms with Gasteiger partial charge in [0.1, 0.15) is 6.04 Å². The van der Waals surface area contributed by atoms with Crippen molar-refractivity contribution in [3.63, 3.8) is 0 Å². The van der Waals surface area contributed by atoms with Crippen LogP contribution in [-0.2, 0) is 23.1 Å². The lowest BCUT2D eigenvalue weighted by molar-refractivity contribution is -0.134. The van der Waals surface area contributed by atoms with Gasteiger partial charge in [0.05, 0.1) is 22.9 Å². The van der Waals surface area contributed by atoms with Crippen LogP contribution in [0, 0.1) is 6.92 Å². The Hall–Kier alpha value is -6.37. The Kier molecular flexibility index (Phi) is 9.33. The van der Waals surface area contributed by atoms with Crippen LogP contribution < -0.4 is 31.3 Å². The number of piperidine rings is 2. The number of amides is 3. The van der Waals surface area contributed by atoms with Crippen LogP contribution in [0.4, 0.5) is 31.5 Å². The highest BCUT2D eigenvalue weighted by atomic mass is 19.3. The van der Waals surface area contributed by atoms with Crippen LogP contribution in [0.2, 0.25) is 0 Å². The largest absolute Gasteiger partial charge is 0.404 e. The number of anilines is 4. The zero-order valence-electron chi connectivity index (χ0n) is 32.3. The highest BCUT2D eigenvalue weighted by molar-refractivity contribution is 6.28. The number of hydrogen-bond donors (Lipinski definition) is 2. The Morgan fingerprint density at radius 3 is 2.41 bits per heavy atom. The average molecular weight is 784 g/mol. The average Bonchev–Trinajstić information content (AvgIpc) is 3.51. The van der Waals surface area contributed by atoms with E-state index in [1.807, 2.05) is 54.6 Å². The highest BCUT2D eigenvalue weighted by Crippen LogP contribution is 2.45. The van der Waals surface area contributed by atoms with Gasteiger partial charge in [0, 0.05) is 95.3 Å². The van der Waals surface area contributed by atoms with Crippen LogP contribution >= 0.6 is 0 Å². The van der Waals surface area contributed by atoms with Crippen molar-refractivity contribution in [2.24, 2.45) is 17.8 Å². The molecule has 3 amide bonds. The van der Waals surface area contributed by atoms with Crippen molar-refractivity contribution in [3.05, 3.63) is 111 Å². The van der Waals surface area contributed by atoms with E-state index in [9.17, 15) is 28.0 Å². The van der Waals surface area contributed by atoms with Gasteiger partial charge in [0.25, 0.3) is 17.9 Å². The molecule has 1 unspecified atom stereocenters. The number of rotatable bonds is 7. The van der Waals surface area contributed by atoms with E-state index in [4.69, 9.17) is 10.7 Å². The minimum absolute atomic E-state index is 0.0542. The van der Waals surface area contributed by atoms with E-state index in [0.29, 0.717) is 47.6 Å². The summed E-state index contributed by atoms with van der Waals surface area (Å²) in [4.78, 5) is 61.7. The van der Waals surface area contributed by atoms with Crippen LogP contribution in [0.25, 0.3) is 27.2 Å². The Balaban J connectivity index is 0.949. The quantitative estimate of drug-likeness (QED) is 0.137. The summed E-state index contributed by atoms with van der Waals surface area (Å²) in [5.41, 5.74) is 12.9. The zero-order valence-corrected chi connectivity index (χ0v) is 32.3. The van der Waals surface area contributed by atoms with Crippen LogP contribution in [0.3, 0.4) is 0 Å². The predicted octanol–water partition coefficient (Wildman–Crippen LogP) is 6.83. The molecule has 0 radical (unpaired) electrons. The molecule has 5 aromatic rings. The second kappa shape index (κ2) is 14.5. The summed E-state index contributed by atoms with van der Waals surface area (Å²) in [6.07, 6.45) is 3.66. The first-order valence-corrected chi connectivity index (χ1v) is 19.8. The fraction of sp³-hybridized carbons (Fsp3) is 0.311. The number of aromatic nitrogens is 1. The molecule has 11 nitrogen and oxygen atoms in total. The molecule has 2 saturated heterocycles. The number of nitrogens with zero attached hydrogens (tertiary/aromatic N) is 5. The number of fused-ring (bicyclic) bond motifs is 2. The lowest BCUT2D eigenvalue weighted by Crippen LogP contribution is -2.53. The Labute approximate surface area is 333 Å². The maximum Gasteiger partial charge on any atom is 0.264 e. The molecular weight excluding hydrogens is 741 g/mol. The van der Waals surface area contributed by atoms with Gasteiger partial charge >= 0.3 is 0 Å². The molecule has 0 spiro atoms. The third kappa shape index (κ3) is 6.11. The summed E-state index contributed by atoms with van der Waals surface area (Å²) in [5.74, 6) is -1.04. The fourth-order valence-corrected chi connectivity index (χ4v) is 9.35. The van der Waals surface area contributed by atoms with E-state index in [0.717, 1.165) is 70.0 Å². The number of carbonyl (C=O) groups excluding carboxylic acids is 3. The molecular formula is C45H43F2N7O4. The molecule has 2 fully saturated rings. The van der Waals surface area contributed by atoms with Crippen LogP contribution in [0.5, 0.6) is 0 Å². The van der Waals surface area contributed by atoms with Gasteiger partial charge in [-0.3, -0.25) is 34.4 Å². The number of nitrogens with one attached hydrogen (secondary N) is 1. The maximum absolute atomic E-state index is 14.9. The van der Waals surface area contributed by atoms with Gasteiger partial charge in [-0.25, -0.2) is 8.78 Å². The molecule has 1 aromatic heterocycles. The van der Waals surface area contributed by atoms with Crippen molar-refractivity contribution in [2.75, 3.05) is 34.3 Å². The Morgan fingerprint density at radius 2 is 1.66 bits per heavy atom. The first-order valence-electron chi connectivity index (χ1n) is 19.8. The number of aryl methyl sites for hydroxylation is 3. The SMILES string of the molecule is Cc1cc2c(N3CCCc4cc(/C(C=NC5CCN(c6ccc7c8c(cccc68)C(=O)N7C6CCC(=O)NC6=O)CC5)=C/N)c(C(F)F)cc43)cccc2n(C)c1=O. The summed E-state index contributed by atoms with van der Waals surface area (Å²) in [5, 5.41) is 4.98. The maximum atomic E-state index is 14.9. The zero-order chi connectivity index (χ0) is 40.4. The molecule has 0 bridgehead atoms. The number of pyridine rings is 1. The molecule has 296 valence electrons. The smallest absolute Gasteiger partial charge is 0.264 e. The number of aliphatic imine (C=N–C) groups is 1. The van der Waals surface area contributed by atoms with Crippen molar-refractivity contribution < 1.29 is 23.2 Å². The van der Waals surface area contributed by atoms with Gasteiger partial charge in [-0.1, -0.05) is 18.2 Å². The fourth-order valence-electron chi connectivity index (χ4n) is 9.35. The van der Waals surface area contributed by atoms with E-state index in [-0.39, 0.29) is 41.8 Å². The minimum Gasteiger partial charge on any atom is -0.404 e.